The Hall–Kier alpha value is -1.36. The number of carbonyl (C=O) groups is 1. The van der Waals surface area contributed by atoms with Gasteiger partial charge in [-0.2, -0.15) is 5.10 Å². The molecule has 0 amide bonds. The van der Waals surface area contributed by atoms with Crippen molar-refractivity contribution in [2.45, 2.75) is 18.9 Å². The molecule has 72 valence electrons. The first kappa shape index (κ1) is 9.73. The van der Waals surface area contributed by atoms with Crippen molar-refractivity contribution >= 4 is 5.97 Å². The predicted molar refractivity (Wildman–Crippen MR) is 47.0 cm³/mol. The standard InChI is InChI=1S/C8H13N3O2/c1-11-7(4-5-10-11)6(9)2-3-8(12)13/h4-6H,2-3,9H2,1H3,(H,12,13). The Kier molecular flexibility index (Phi) is 3.02. The van der Waals surface area contributed by atoms with Crippen molar-refractivity contribution in [3.05, 3.63) is 18.0 Å². The molecule has 1 aromatic heterocycles. The fourth-order valence-corrected chi connectivity index (χ4v) is 1.17. The highest BCUT2D eigenvalue weighted by Crippen LogP contribution is 2.13. The summed E-state index contributed by atoms with van der Waals surface area (Å²) in [6.07, 6.45) is 2.18. The SMILES string of the molecule is Cn1nccc1C(N)CCC(=O)O. The maximum atomic E-state index is 10.3. The van der Waals surface area contributed by atoms with Gasteiger partial charge in [0, 0.05) is 25.7 Å². The molecule has 13 heavy (non-hydrogen) atoms. The van der Waals surface area contributed by atoms with Crippen LogP contribution in [-0.4, -0.2) is 20.9 Å². The minimum atomic E-state index is -0.822. The molecule has 3 N–H and O–H groups in total. The maximum absolute atomic E-state index is 10.3. The number of nitrogens with two attached hydrogens (primary N) is 1. The lowest BCUT2D eigenvalue weighted by Crippen LogP contribution is -2.15. The molecule has 0 saturated carbocycles. The van der Waals surface area contributed by atoms with Gasteiger partial charge in [0.15, 0.2) is 0 Å². The number of hydrogen-bond donors (Lipinski definition) is 2. The molecule has 0 saturated heterocycles. The van der Waals surface area contributed by atoms with E-state index < -0.39 is 5.97 Å². The largest absolute Gasteiger partial charge is 0.481 e. The maximum Gasteiger partial charge on any atom is 0.303 e. The van der Waals surface area contributed by atoms with Gasteiger partial charge in [-0.1, -0.05) is 0 Å². The van der Waals surface area contributed by atoms with E-state index in [1.807, 2.05) is 0 Å². The van der Waals surface area contributed by atoms with Crippen LogP contribution in [0.2, 0.25) is 0 Å². The van der Waals surface area contributed by atoms with Crippen LogP contribution in [0.1, 0.15) is 24.6 Å². The molecule has 0 aliphatic carbocycles. The summed E-state index contributed by atoms with van der Waals surface area (Å²) in [7, 11) is 1.79. The molecule has 1 aromatic rings. The Morgan fingerprint density at radius 2 is 2.54 bits per heavy atom. The fraction of sp³-hybridized carbons (Fsp3) is 0.500. The second-order valence-corrected chi connectivity index (χ2v) is 2.92. The van der Waals surface area contributed by atoms with Gasteiger partial charge in [0.05, 0.1) is 5.69 Å². The van der Waals surface area contributed by atoms with Crippen LogP contribution >= 0.6 is 0 Å². The monoisotopic (exact) mass is 183 g/mol. The van der Waals surface area contributed by atoms with Gasteiger partial charge in [0.2, 0.25) is 0 Å². The first-order valence-electron chi connectivity index (χ1n) is 4.06. The second-order valence-electron chi connectivity index (χ2n) is 2.92. The van der Waals surface area contributed by atoms with Crippen molar-refractivity contribution in [2.24, 2.45) is 12.8 Å². The molecule has 0 spiro atoms. The van der Waals surface area contributed by atoms with E-state index >= 15 is 0 Å². The zero-order valence-electron chi connectivity index (χ0n) is 7.47. The Balaban J connectivity index is 2.53. The fourth-order valence-electron chi connectivity index (χ4n) is 1.17. The molecular weight excluding hydrogens is 170 g/mol. The van der Waals surface area contributed by atoms with E-state index in [9.17, 15) is 4.79 Å². The summed E-state index contributed by atoms with van der Waals surface area (Å²) >= 11 is 0. The van der Waals surface area contributed by atoms with Gasteiger partial charge in [0.25, 0.3) is 0 Å². The van der Waals surface area contributed by atoms with Crippen LogP contribution < -0.4 is 5.73 Å². The number of aliphatic carboxylic acids is 1. The summed E-state index contributed by atoms with van der Waals surface area (Å²) in [5, 5.41) is 12.4. The van der Waals surface area contributed by atoms with Crippen LogP contribution in [0.25, 0.3) is 0 Å². The van der Waals surface area contributed by atoms with Crippen molar-refractivity contribution in [1.29, 1.82) is 0 Å². The van der Waals surface area contributed by atoms with E-state index in [0.717, 1.165) is 5.69 Å². The van der Waals surface area contributed by atoms with Crippen molar-refractivity contribution in [1.82, 2.24) is 9.78 Å². The third kappa shape index (κ3) is 2.55. The highest BCUT2D eigenvalue weighted by Gasteiger charge is 2.11. The summed E-state index contributed by atoms with van der Waals surface area (Å²) in [5.74, 6) is -0.822. The number of nitrogens with zero attached hydrogens (tertiary/aromatic N) is 2. The summed E-state index contributed by atoms with van der Waals surface area (Å²) in [5.41, 5.74) is 6.63. The van der Waals surface area contributed by atoms with E-state index in [4.69, 9.17) is 10.8 Å². The minimum Gasteiger partial charge on any atom is -0.481 e. The van der Waals surface area contributed by atoms with Crippen LogP contribution in [0.4, 0.5) is 0 Å². The molecule has 0 aliphatic rings. The van der Waals surface area contributed by atoms with Gasteiger partial charge in [-0.15, -0.1) is 0 Å². The van der Waals surface area contributed by atoms with Crippen LogP contribution in [0.5, 0.6) is 0 Å². The van der Waals surface area contributed by atoms with Gasteiger partial charge in [-0.25, -0.2) is 0 Å². The molecule has 1 unspecified atom stereocenters. The molecular formula is C8H13N3O2. The number of hydrogen-bond acceptors (Lipinski definition) is 3. The summed E-state index contributed by atoms with van der Waals surface area (Å²) in [4.78, 5) is 10.3. The average Bonchev–Trinajstić information content (AvgIpc) is 2.47. The smallest absolute Gasteiger partial charge is 0.303 e. The van der Waals surface area contributed by atoms with Crippen LogP contribution in [-0.2, 0) is 11.8 Å². The van der Waals surface area contributed by atoms with E-state index in [-0.39, 0.29) is 12.5 Å². The van der Waals surface area contributed by atoms with Crippen molar-refractivity contribution < 1.29 is 9.90 Å². The Morgan fingerprint density at radius 1 is 1.85 bits per heavy atom. The highest BCUT2D eigenvalue weighted by molar-refractivity contribution is 5.66. The third-order valence-electron chi connectivity index (χ3n) is 1.91. The molecule has 1 heterocycles. The first-order valence-corrected chi connectivity index (χ1v) is 4.06. The Labute approximate surface area is 76.2 Å². The molecule has 0 bridgehead atoms. The van der Waals surface area contributed by atoms with E-state index in [0.29, 0.717) is 6.42 Å². The molecule has 1 rings (SSSR count). The van der Waals surface area contributed by atoms with E-state index in [2.05, 4.69) is 5.10 Å². The van der Waals surface area contributed by atoms with Gasteiger partial charge >= 0.3 is 5.97 Å². The summed E-state index contributed by atoms with van der Waals surface area (Å²) in [6.45, 7) is 0. The van der Waals surface area contributed by atoms with Crippen molar-refractivity contribution in [2.75, 3.05) is 0 Å². The summed E-state index contributed by atoms with van der Waals surface area (Å²) in [6, 6.07) is 1.55. The lowest BCUT2D eigenvalue weighted by Gasteiger charge is -2.09. The number of carboxylic acid groups (broad SMARTS) is 1. The van der Waals surface area contributed by atoms with Gasteiger partial charge in [-0.3, -0.25) is 9.48 Å². The molecule has 0 aliphatic heterocycles. The normalized spacial score (nSPS) is 12.8. The highest BCUT2D eigenvalue weighted by atomic mass is 16.4. The number of aromatic nitrogens is 2. The van der Waals surface area contributed by atoms with Crippen LogP contribution in [0.15, 0.2) is 12.3 Å². The lowest BCUT2D eigenvalue weighted by atomic mass is 10.1. The molecule has 0 radical (unpaired) electrons. The molecule has 5 nitrogen and oxygen atoms in total. The second kappa shape index (κ2) is 4.04. The molecule has 1 atom stereocenters. The first-order chi connectivity index (χ1) is 6.11. The van der Waals surface area contributed by atoms with Crippen LogP contribution in [0, 0.1) is 0 Å². The zero-order valence-corrected chi connectivity index (χ0v) is 7.47. The van der Waals surface area contributed by atoms with E-state index in [1.165, 1.54) is 0 Å². The Bertz CT molecular complexity index is 295. The number of carboxylic acids is 1. The van der Waals surface area contributed by atoms with Gasteiger partial charge in [-0.05, 0) is 12.5 Å². The average molecular weight is 183 g/mol. The van der Waals surface area contributed by atoms with Crippen molar-refractivity contribution in [3.63, 3.8) is 0 Å². The molecule has 0 fully saturated rings. The van der Waals surface area contributed by atoms with Crippen molar-refractivity contribution in [3.8, 4) is 0 Å². The third-order valence-corrected chi connectivity index (χ3v) is 1.91. The summed E-state index contributed by atoms with van der Waals surface area (Å²) < 4.78 is 1.66. The topological polar surface area (TPSA) is 81.1 Å². The predicted octanol–water partition coefficient (Wildman–Crippen LogP) is 0.285. The quantitative estimate of drug-likeness (QED) is 0.702. The zero-order chi connectivity index (χ0) is 9.84. The van der Waals surface area contributed by atoms with E-state index in [1.54, 1.807) is 24.0 Å². The lowest BCUT2D eigenvalue weighted by molar-refractivity contribution is -0.137. The Morgan fingerprint density at radius 3 is 3.00 bits per heavy atom. The van der Waals surface area contributed by atoms with Crippen LogP contribution in [0.3, 0.4) is 0 Å². The van der Waals surface area contributed by atoms with Gasteiger partial charge < -0.3 is 10.8 Å². The minimum absolute atomic E-state index is 0.0896. The molecule has 5 heteroatoms. The number of aryl methyl sites for hydroxylation is 1. The van der Waals surface area contributed by atoms with Gasteiger partial charge in [0.1, 0.15) is 0 Å². The number of rotatable bonds is 4. The molecule has 0 aromatic carbocycles.